The van der Waals surface area contributed by atoms with Crippen molar-refractivity contribution in [2.75, 3.05) is 0 Å². The van der Waals surface area contributed by atoms with Crippen molar-refractivity contribution in [3.8, 4) is 0 Å². The topological polar surface area (TPSA) is 12.0 Å². The zero-order valence-corrected chi connectivity index (χ0v) is 13.0. The molecule has 0 fully saturated rings. The van der Waals surface area contributed by atoms with E-state index in [4.69, 9.17) is 11.6 Å². The fourth-order valence-corrected chi connectivity index (χ4v) is 2.57. The molecule has 0 spiro atoms. The van der Waals surface area contributed by atoms with Gasteiger partial charge in [-0.1, -0.05) is 61.7 Å². The lowest BCUT2D eigenvalue weighted by Gasteiger charge is -2.19. The third-order valence-electron chi connectivity index (χ3n) is 3.62. The Morgan fingerprint density at radius 1 is 1.10 bits per heavy atom. The Labute approximate surface area is 131 Å². The monoisotopic (exact) mass is 305 g/mol. The molecule has 2 aromatic carbocycles. The lowest BCUT2D eigenvalue weighted by molar-refractivity contribution is 0.480. The van der Waals surface area contributed by atoms with Gasteiger partial charge >= 0.3 is 0 Å². The molecule has 0 amide bonds. The zero-order chi connectivity index (χ0) is 15.1. The summed E-state index contributed by atoms with van der Waals surface area (Å²) in [5.41, 5.74) is 2.21. The van der Waals surface area contributed by atoms with E-state index in [2.05, 4.69) is 12.2 Å². The van der Waals surface area contributed by atoms with Crippen LogP contribution in [0.2, 0.25) is 5.02 Å². The zero-order valence-electron chi connectivity index (χ0n) is 12.3. The van der Waals surface area contributed by atoms with Gasteiger partial charge in [0.2, 0.25) is 0 Å². The number of rotatable bonds is 7. The maximum atomic E-state index is 13.1. The highest BCUT2D eigenvalue weighted by molar-refractivity contribution is 6.31. The third-order valence-corrected chi connectivity index (χ3v) is 3.98. The summed E-state index contributed by atoms with van der Waals surface area (Å²) in [6.07, 6.45) is 3.32. The van der Waals surface area contributed by atoms with Gasteiger partial charge in [0.15, 0.2) is 0 Å². The van der Waals surface area contributed by atoms with E-state index in [0.29, 0.717) is 6.54 Å². The Balaban J connectivity index is 2.06. The predicted molar refractivity (Wildman–Crippen MR) is 87.0 cm³/mol. The summed E-state index contributed by atoms with van der Waals surface area (Å²) in [5.74, 6) is -0.195. The summed E-state index contributed by atoms with van der Waals surface area (Å²) in [6, 6.07) is 14.8. The average Bonchev–Trinajstić information content (AvgIpc) is 2.50. The van der Waals surface area contributed by atoms with E-state index >= 15 is 0 Å². The number of hydrogen-bond donors (Lipinski definition) is 1. The maximum Gasteiger partial charge on any atom is 0.123 e. The van der Waals surface area contributed by atoms with Crippen LogP contribution in [0.5, 0.6) is 0 Å². The molecule has 1 nitrogen and oxygen atoms in total. The predicted octanol–water partition coefficient (Wildman–Crippen LogP) is 5.50. The van der Waals surface area contributed by atoms with E-state index in [1.807, 2.05) is 36.4 Å². The molecule has 0 bridgehead atoms. The van der Waals surface area contributed by atoms with Crippen LogP contribution in [0.25, 0.3) is 0 Å². The van der Waals surface area contributed by atoms with E-state index in [1.54, 1.807) is 0 Å². The molecule has 1 N–H and O–H groups in total. The molecule has 21 heavy (non-hydrogen) atoms. The fourth-order valence-electron chi connectivity index (χ4n) is 2.36. The minimum atomic E-state index is -0.195. The second kappa shape index (κ2) is 8.16. The molecule has 0 aromatic heterocycles. The van der Waals surface area contributed by atoms with Crippen molar-refractivity contribution in [2.45, 2.75) is 38.8 Å². The van der Waals surface area contributed by atoms with E-state index < -0.39 is 0 Å². The largest absolute Gasteiger partial charge is 0.306 e. The first-order valence-corrected chi connectivity index (χ1v) is 7.80. The van der Waals surface area contributed by atoms with Crippen LogP contribution in [-0.2, 0) is 6.54 Å². The fraction of sp³-hybridized carbons (Fsp3) is 0.333. The summed E-state index contributed by atoms with van der Waals surface area (Å²) in [4.78, 5) is 0. The maximum absolute atomic E-state index is 13.1. The number of hydrogen-bond acceptors (Lipinski definition) is 1. The number of nitrogens with one attached hydrogen (secondary N) is 1. The highest BCUT2D eigenvalue weighted by atomic mass is 35.5. The first kappa shape index (κ1) is 16.0. The molecule has 0 saturated heterocycles. The van der Waals surface area contributed by atoms with Gasteiger partial charge in [-0.2, -0.15) is 0 Å². The molecule has 0 aliphatic carbocycles. The van der Waals surface area contributed by atoms with Crippen molar-refractivity contribution in [1.29, 1.82) is 0 Å². The van der Waals surface area contributed by atoms with E-state index in [1.165, 1.54) is 12.1 Å². The van der Waals surface area contributed by atoms with E-state index in [9.17, 15) is 4.39 Å². The van der Waals surface area contributed by atoms with Crippen LogP contribution in [0, 0.1) is 5.82 Å². The Morgan fingerprint density at radius 3 is 2.48 bits per heavy atom. The highest BCUT2D eigenvalue weighted by Gasteiger charge is 2.11. The van der Waals surface area contributed by atoms with Gasteiger partial charge in [-0.15, -0.1) is 0 Å². The first-order valence-electron chi connectivity index (χ1n) is 7.43. The third kappa shape index (κ3) is 4.83. The van der Waals surface area contributed by atoms with Gasteiger partial charge in [-0.25, -0.2) is 4.39 Å². The molecule has 1 atom stereocenters. The van der Waals surface area contributed by atoms with Crippen LogP contribution in [-0.4, -0.2) is 0 Å². The highest BCUT2D eigenvalue weighted by Crippen LogP contribution is 2.22. The number of unbranched alkanes of at least 4 members (excludes halogenated alkanes) is 1. The first-order chi connectivity index (χ1) is 10.2. The number of halogens is 2. The lowest BCUT2D eigenvalue weighted by atomic mass is 10.0. The molecule has 0 heterocycles. The van der Waals surface area contributed by atoms with Crippen LogP contribution < -0.4 is 5.32 Å². The average molecular weight is 306 g/mol. The normalized spacial score (nSPS) is 12.3. The molecule has 0 aliphatic rings. The lowest BCUT2D eigenvalue weighted by Crippen LogP contribution is -2.21. The van der Waals surface area contributed by atoms with Crippen molar-refractivity contribution in [3.05, 3.63) is 70.5 Å². The minimum absolute atomic E-state index is 0.195. The van der Waals surface area contributed by atoms with Crippen LogP contribution in [0.15, 0.2) is 48.5 Å². The van der Waals surface area contributed by atoms with Crippen LogP contribution in [0.3, 0.4) is 0 Å². The van der Waals surface area contributed by atoms with Crippen molar-refractivity contribution in [3.63, 3.8) is 0 Å². The van der Waals surface area contributed by atoms with Crippen LogP contribution in [0.1, 0.15) is 43.4 Å². The molecular weight excluding hydrogens is 285 g/mol. The van der Waals surface area contributed by atoms with E-state index in [0.717, 1.165) is 35.4 Å². The van der Waals surface area contributed by atoms with Crippen molar-refractivity contribution < 1.29 is 4.39 Å². The van der Waals surface area contributed by atoms with Gasteiger partial charge in [0, 0.05) is 17.6 Å². The Morgan fingerprint density at radius 2 is 1.81 bits per heavy atom. The summed E-state index contributed by atoms with van der Waals surface area (Å²) < 4.78 is 13.1. The molecule has 2 rings (SSSR count). The van der Waals surface area contributed by atoms with Gasteiger partial charge in [0.25, 0.3) is 0 Å². The van der Waals surface area contributed by atoms with Gasteiger partial charge < -0.3 is 5.32 Å². The second-order valence-corrected chi connectivity index (χ2v) is 5.63. The van der Waals surface area contributed by atoms with Crippen LogP contribution >= 0.6 is 11.6 Å². The molecule has 1 unspecified atom stereocenters. The quantitative estimate of drug-likeness (QED) is 0.712. The molecule has 112 valence electrons. The van der Waals surface area contributed by atoms with Gasteiger partial charge in [0.1, 0.15) is 5.82 Å². The van der Waals surface area contributed by atoms with Crippen molar-refractivity contribution >= 4 is 11.6 Å². The Kier molecular flexibility index (Phi) is 6.21. The van der Waals surface area contributed by atoms with Gasteiger partial charge in [-0.05, 0) is 35.7 Å². The van der Waals surface area contributed by atoms with Gasteiger partial charge in [-0.3, -0.25) is 0 Å². The van der Waals surface area contributed by atoms with Crippen molar-refractivity contribution in [2.24, 2.45) is 0 Å². The second-order valence-electron chi connectivity index (χ2n) is 5.22. The molecule has 0 saturated carbocycles. The summed E-state index contributed by atoms with van der Waals surface area (Å²) >= 11 is 6.19. The number of benzene rings is 2. The molecule has 2 aromatic rings. The summed E-state index contributed by atoms with van der Waals surface area (Å²) in [7, 11) is 0. The Hall–Kier alpha value is -1.38. The summed E-state index contributed by atoms with van der Waals surface area (Å²) in [6.45, 7) is 2.89. The molecule has 0 radical (unpaired) electrons. The Bertz CT molecular complexity index is 553. The molecule has 3 heteroatoms. The smallest absolute Gasteiger partial charge is 0.123 e. The standard InChI is InChI=1S/C18H21ClFN/c1-2-3-8-18(14-9-11-16(20)12-10-14)21-13-15-6-4-5-7-17(15)19/h4-7,9-12,18,21H,2-3,8,13H2,1H3. The van der Waals surface area contributed by atoms with Crippen molar-refractivity contribution in [1.82, 2.24) is 5.32 Å². The van der Waals surface area contributed by atoms with Crippen LogP contribution in [0.4, 0.5) is 4.39 Å². The minimum Gasteiger partial charge on any atom is -0.306 e. The SMILES string of the molecule is CCCCC(NCc1ccccc1Cl)c1ccc(F)cc1. The van der Waals surface area contributed by atoms with E-state index in [-0.39, 0.29) is 11.9 Å². The summed E-state index contributed by atoms with van der Waals surface area (Å²) in [5, 5.41) is 4.32. The molecular formula is C18H21ClFN. The van der Waals surface area contributed by atoms with Gasteiger partial charge in [0.05, 0.1) is 0 Å². The molecule has 0 aliphatic heterocycles.